The quantitative estimate of drug-likeness (QED) is 0.711. The second kappa shape index (κ2) is 5.91. The van der Waals surface area contributed by atoms with Crippen LogP contribution in [0, 0.1) is 0 Å². The van der Waals surface area contributed by atoms with Gasteiger partial charge in [-0.2, -0.15) is 0 Å². The van der Waals surface area contributed by atoms with E-state index >= 15 is 0 Å². The van der Waals surface area contributed by atoms with Crippen LogP contribution < -0.4 is 0 Å². The van der Waals surface area contributed by atoms with E-state index in [4.69, 9.17) is 4.74 Å². The van der Waals surface area contributed by atoms with Gasteiger partial charge in [0.25, 0.3) is 0 Å². The van der Waals surface area contributed by atoms with Crippen LogP contribution in [0.25, 0.3) is 0 Å². The van der Waals surface area contributed by atoms with Crippen LogP contribution in [0.4, 0.5) is 9.18 Å². The molecule has 0 N–H and O–H groups in total. The van der Waals surface area contributed by atoms with E-state index in [1.54, 1.807) is 23.2 Å². The van der Waals surface area contributed by atoms with E-state index in [0.717, 1.165) is 0 Å². The zero-order valence-corrected chi connectivity index (χ0v) is 14.1. The summed E-state index contributed by atoms with van der Waals surface area (Å²) in [6, 6.07) is 3.47. The first-order valence-corrected chi connectivity index (χ1v) is 7.78. The molecule has 0 radical (unpaired) electrons. The van der Waals surface area contributed by atoms with Crippen LogP contribution >= 0.6 is 15.9 Å². The predicted octanol–water partition coefficient (Wildman–Crippen LogP) is 4.04. The number of alkyl halides is 1. The number of ether oxygens (including phenoxy) is 1. The van der Waals surface area contributed by atoms with Gasteiger partial charge in [0.05, 0.1) is 0 Å². The number of hydrogen-bond acceptors (Lipinski definition) is 3. The molecule has 1 aliphatic rings. The van der Waals surface area contributed by atoms with Crippen molar-refractivity contribution in [2.45, 2.75) is 44.9 Å². The molecular formula is C15H20BrFN2O2. The van der Waals surface area contributed by atoms with Gasteiger partial charge in [0, 0.05) is 37.7 Å². The fourth-order valence-electron chi connectivity index (χ4n) is 2.30. The molecule has 0 saturated carbocycles. The Morgan fingerprint density at radius 2 is 2.00 bits per heavy atom. The van der Waals surface area contributed by atoms with Crippen molar-refractivity contribution in [1.82, 2.24) is 9.88 Å². The Balaban J connectivity index is 1.99. The SMILES string of the molecule is CC(C)(C)OC(=O)N1CCC(F)(c2ccc(Br)nc2)CC1. The summed E-state index contributed by atoms with van der Waals surface area (Å²) in [5.41, 5.74) is -1.39. The van der Waals surface area contributed by atoms with Gasteiger partial charge in [0.2, 0.25) is 0 Å². The number of halogens is 2. The van der Waals surface area contributed by atoms with E-state index in [9.17, 15) is 9.18 Å². The molecule has 4 nitrogen and oxygen atoms in total. The van der Waals surface area contributed by atoms with Gasteiger partial charge in [-0.05, 0) is 42.8 Å². The van der Waals surface area contributed by atoms with Crippen LogP contribution in [0.1, 0.15) is 39.2 Å². The minimum atomic E-state index is -1.42. The highest BCUT2D eigenvalue weighted by atomic mass is 79.9. The molecule has 1 amide bonds. The Kier molecular flexibility index (Phi) is 4.56. The normalized spacial score (nSPS) is 18.4. The molecule has 1 aromatic heterocycles. The lowest BCUT2D eigenvalue weighted by atomic mass is 9.87. The van der Waals surface area contributed by atoms with Gasteiger partial charge in [-0.25, -0.2) is 14.2 Å². The van der Waals surface area contributed by atoms with Crippen LogP contribution in [0.5, 0.6) is 0 Å². The molecule has 6 heteroatoms. The fourth-order valence-corrected chi connectivity index (χ4v) is 2.53. The monoisotopic (exact) mass is 358 g/mol. The van der Waals surface area contributed by atoms with E-state index in [1.165, 1.54) is 0 Å². The molecule has 1 aromatic rings. The highest BCUT2D eigenvalue weighted by molar-refractivity contribution is 9.10. The van der Waals surface area contributed by atoms with Crippen LogP contribution in [0.2, 0.25) is 0 Å². The second-order valence-corrected chi connectivity index (χ2v) is 7.11. The molecule has 1 aliphatic heterocycles. The first-order chi connectivity index (χ1) is 9.70. The van der Waals surface area contributed by atoms with Gasteiger partial charge in [0.15, 0.2) is 0 Å². The number of nitrogens with zero attached hydrogens (tertiary/aromatic N) is 2. The molecule has 1 saturated heterocycles. The van der Waals surface area contributed by atoms with Crippen LogP contribution in [0.15, 0.2) is 22.9 Å². The number of amides is 1. The number of carbonyl (C=O) groups excluding carboxylic acids is 1. The lowest BCUT2D eigenvalue weighted by Crippen LogP contribution is -2.45. The van der Waals surface area contributed by atoms with E-state index < -0.39 is 11.3 Å². The van der Waals surface area contributed by atoms with E-state index in [1.807, 2.05) is 20.8 Å². The number of piperidine rings is 1. The molecule has 116 valence electrons. The minimum Gasteiger partial charge on any atom is -0.444 e. The van der Waals surface area contributed by atoms with Gasteiger partial charge in [-0.1, -0.05) is 6.07 Å². The van der Waals surface area contributed by atoms with Crippen LogP contribution in [-0.2, 0) is 10.4 Å². The average molecular weight is 359 g/mol. The molecule has 0 bridgehead atoms. The third-order valence-corrected chi connectivity index (χ3v) is 3.92. The Morgan fingerprint density at radius 1 is 1.38 bits per heavy atom. The fraction of sp³-hybridized carbons (Fsp3) is 0.600. The molecule has 2 rings (SSSR count). The van der Waals surface area contributed by atoms with E-state index in [2.05, 4.69) is 20.9 Å². The lowest BCUT2D eigenvalue weighted by molar-refractivity contribution is 0.00214. The third-order valence-electron chi connectivity index (χ3n) is 3.45. The maximum Gasteiger partial charge on any atom is 0.410 e. The number of pyridine rings is 1. The van der Waals surface area contributed by atoms with Gasteiger partial charge >= 0.3 is 6.09 Å². The summed E-state index contributed by atoms with van der Waals surface area (Å²) >= 11 is 3.24. The average Bonchev–Trinajstić information content (AvgIpc) is 2.38. The highest BCUT2D eigenvalue weighted by Gasteiger charge is 2.38. The summed E-state index contributed by atoms with van der Waals surface area (Å²) in [6.07, 6.45) is 1.69. The van der Waals surface area contributed by atoms with Gasteiger partial charge in [-0.3, -0.25) is 0 Å². The summed E-state index contributed by atoms with van der Waals surface area (Å²) in [5.74, 6) is 0. The molecule has 0 unspecified atom stereocenters. The van der Waals surface area contributed by atoms with Gasteiger partial charge in [0.1, 0.15) is 15.9 Å². The first-order valence-electron chi connectivity index (χ1n) is 6.98. The maximum atomic E-state index is 15.0. The van der Waals surface area contributed by atoms with E-state index in [-0.39, 0.29) is 18.9 Å². The number of carbonyl (C=O) groups is 1. The van der Waals surface area contributed by atoms with Crippen LogP contribution in [-0.4, -0.2) is 34.7 Å². The van der Waals surface area contributed by atoms with Crippen molar-refractivity contribution in [2.24, 2.45) is 0 Å². The number of likely N-dealkylation sites (tertiary alicyclic amines) is 1. The molecule has 0 aromatic carbocycles. The molecule has 2 heterocycles. The van der Waals surface area contributed by atoms with Crippen molar-refractivity contribution in [1.29, 1.82) is 0 Å². The first kappa shape index (κ1) is 16.2. The summed E-state index contributed by atoms with van der Waals surface area (Å²) < 4.78 is 21.0. The highest BCUT2D eigenvalue weighted by Crippen LogP contribution is 2.37. The van der Waals surface area contributed by atoms with Gasteiger partial charge in [-0.15, -0.1) is 0 Å². The summed E-state index contributed by atoms with van der Waals surface area (Å²) in [7, 11) is 0. The number of hydrogen-bond donors (Lipinski definition) is 0. The zero-order chi connectivity index (χ0) is 15.7. The molecular weight excluding hydrogens is 339 g/mol. The number of aromatic nitrogens is 1. The Morgan fingerprint density at radius 3 is 2.48 bits per heavy atom. The van der Waals surface area contributed by atoms with Crippen molar-refractivity contribution in [3.8, 4) is 0 Å². The Hall–Kier alpha value is -1.17. The Labute approximate surface area is 132 Å². The predicted molar refractivity (Wildman–Crippen MR) is 81.8 cm³/mol. The standard InChI is InChI=1S/C15H20BrFN2O2/c1-14(2,3)21-13(20)19-8-6-15(17,7-9-19)11-4-5-12(16)18-10-11/h4-5,10H,6-9H2,1-3H3. The maximum absolute atomic E-state index is 15.0. The van der Waals surface area contributed by atoms with Crippen molar-refractivity contribution < 1.29 is 13.9 Å². The number of rotatable bonds is 1. The zero-order valence-electron chi connectivity index (χ0n) is 12.5. The lowest BCUT2D eigenvalue weighted by Gasteiger charge is -2.37. The van der Waals surface area contributed by atoms with Crippen LogP contribution in [0.3, 0.4) is 0 Å². The largest absolute Gasteiger partial charge is 0.444 e. The summed E-state index contributed by atoms with van der Waals surface area (Å²) in [5, 5.41) is 0. The molecule has 0 spiro atoms. The van der Waals surface area contributed by atoms with Crippen molar-refractivity contribution in [2.75, 3.05) is 13.1 Å². The van der Waals surface area contributed by atoms with Gasteiger partial charge < -0.3 is 9.64 Å². The Bertz CT molecular complexity index is 505. The summed E-state index contributed by atoms with van der Waals surface area (Å²) in [6.45, 7) is 6.16. The van der Waals surface area contributed by atoms with Crippen molar-refractivity contribution >= 4 is 22.0 Å². The molecule has 21 heavy (non-hydrogen) atoms. The molecule has 0 aliphatic carbocycles. The topological polar surface area (TPSA) is 42.4 Å². The second-order valence-electron chi connectivity index (χ2n) is 6.30. The molecule has 0 atom stereocenters. The summed E-state index contributed by atoms with van der Waals surface area (Å²) in [4.78, 5) is 17.6. The van der Waals surface area contributed by atoms with Crippen molar-refractivity contribution in [3.63, 3.8) is 0 Å². The van der Waals surface area contributed by atoms with E-state index in [0.29, 0.717) is 23.3 Å². The molecule has 1 fully saturated rings. The smallest absolute Gasteiger partial charge is 0.410 e. The third kappa shape index (κ3) is 4.15. The minimum absolute atomic E-state index is 0.259. The van der Waals surface area contributed by atoms with Crippen molar-refractivity contribution in [3.05, 3.63) is 28.5 Å².